The summed E-state index contributed by atoms with van der Waals surface area (Å²) in [6.45, 7) is 0. The Morgan fingerprint density at radius 2 is 1.09 bits per heavy atom. The lowest BCUT2D eigenvalue weighted by molar-refractivity contribution is 1.18. The summed E-state index contributed by atoms with van der Waals surface area (Å²) >= 11 is 0. The van der Waals surface area contributed by atoms with Gasteiger partial charge in [-0.15, -0.1) is 0 Å². The van der Waals surface area contributed by atoms with Gasteiger partial charge in [-0.1, -0.05) is 78.9 Å². The summed E-state index contributed by atoms with van der Waals surface area (Å²) in [6.07, 6.45) is 0. The van der Waals surface area contributed by atoms with Crippen molar-refractivity contribution in [2.75, 3.05) is 0 Å². The van der Waals surface area contributed by atoms with Gasteiger partial charge in [-0.2, -0.15) is 0 Å². The predicted molar refractivity (Wildman–Crippen MR) is 142 cm³/mol. The van der Waals surface area contributed by atoms with E-state index in [1.807, 2.05) is 0 Å². The summed E-state index contributed by atoms with van der Waals surface area (Å²) in [5, 5.41) is 6.15. The predicted octanol–water partition coefficient (Wildman–Crippen LogP) is 7.89. The molecule has 0 spiro atoms. The van der Waals surface area contributed by atoms with Crippen molar-refractivity contribution in [3.05, 3.63) is 115 Å². The van der Waals surface area contributed by atoms with Gasteiger partial charge in [-0.05, 0) is 41.8 Å². The second-order valence-electron chi connectivity index (χ2n) is 8.85. The standard InChI is InChI=1S/C31H19N3/c1-2-10-20(11-3-1)33-26-15-7-5-13-22(26)24-19-18-23-21-12-4-8-16-27(21)34-28-17-9-6-14-25(28)32-31(34)29(23)30(24)33/h1-19H. The summed E-state index contributed by atoms with van der Waals surface area (Å²) in [5.41, 5.74) is 7.90. The molecule has 3 aromatic heterocycles. The van der Waals surface area contributed by atoms with Crippen molar-refractivity contribution in [1.29, 1.82) is 0 Å². The van der Waals surface area contributed by atoms with Crippen LogP contribution in [-0.2, 0) is 0 Å². The van der Waals surface area contributed by atoms with Crippen LogP contribution in [0.5, 0.6) is 0 Å². The second kappa shape index (κ2) is 6.46. The highest BCUT2D eigenvalue weighted by atomic mass is 15.0. The van der Waals surface area contributed by atoms with Gasteiger partial charge in [0.05, 0.1) is 33.0 Å². The summed E-state index contributed by atoms with van der Waals surface area (Å²) in [4.78, 5) is 5.20. The zero-order chi connectivity index (χ0) is 22.2. The van der Waals surface area contributed by atoms with Crippen LogP contribution in [0, 0.1) is 0 Å². The molecule has 0 bridgehead atoms. The highest BCUT2D eigenvalue weighted by molar-refractivity contribution is 6.27. The number of benzene rings is 5. The molecule has 0 fully saturated rings. The number of nitrogens with zero attached hydrogens (tertiary/aromatic N) is 3. The van der Waals surface area contributed by atoms with E-state index in [-0.39, 0.29) is 0 Å². The highest BCUT2D eigenvalue weighted by Gasteiger charge is 2.20. The molecule has 0 saturated heterocycles. The van der Waals surface area contributed by atoms with Gasteiger partial charge >= 0.3 is 0 Å². The first-order valence-electron chi connectivity index (χ1n) is 11.6. The molecule has 0 saturated carbocycles. The van der Waals surface area contributed by atoms with Crippen molar-refractivity contribution in [3.8, 4) is 5.69 Å². The fraction of sp³-hybridized carbons (Fsp3) is 0. The molecule has 158 valence electrons. The van der Waals surface area contributed by atoms with Crippen LogP contribution >= 0.6 is 0 Å². The lowest BCUT2D eigenvalue weighted by Crippen LogP contribution is -1.97. The second-order valence-corrected chi connectivity index (χ2v) is 8.85. The monoisotopic (exact) mass is 433 g/mol. The van der Waals surface area contributed by atoms with Gasteiger partial charge in [0.2, 0.25) is 0 Å². The van der Waals surface area contributed by atoms with Crippen LogP contribution in [0.15, 0.2) is 115 Å². The van der Waals surface area contributed by atoms with Gasteiger partial charge in [0.25, 0.3) is 0 Å². The zero-order valence-electron chi connectivity index (χ0n) is 18.3. The fourth-order valence-corrected chi connectivity index (χ4v) is 5.69. The van der Waals surface area contributed by atoms with Crippen LogP contribution in [0.3, 0.4) is 0 Å². The van der Waals surface area contributed by atoms with E-state index in [9.17, 15) is 0 Å². The van der Waals surface area contributed by atoms with E-state index in [0.29, 0.717) is 0 Å². The fourth-order valence-electron chi connectivity index (χ4n) is 5.69. The maximum absolute atomic E-state index is 5.20. The first-order valence-corrected chi connectivity index (χ1v) is 11.6. The SMILES string of the molecule is c1ccc(-n2c3ccccc3c3ccc4c5ccccc5n5c6ccccc6nc5c4c32)cc1. The van der Waals surface area contributed by atoms with Gasteiger partial charge < -0.3 is 4.57 Å². The molecule has 0 radical (unpaired) electrons. The van der Waals surface area contributed by atoms with E-state index < -0.39 is 0 Å². The third-order valence-electron chi connectivity index (χ3n) is 7.07. The molecule has 0 amide bonds. The van der Waals surface area contributed by atoms with E-state index in [4.69, 9.17) is 4.98 Å². The molecule has 0 atom stereocenters. The largest absolute Gasteiger partial charge is 0.308 e. The zero-order valence-corrected chi connectivity index (χ0v) is 18.3. The van der Waals surface area contributed by atoms with Gasteiger partial charge in [0.15, 0.2) is 0 Å². The van der Waals surface area contributed by atoms with E-state index in [1.165, 1.54) is 43.5 Å². The van der Waals surface area contributed by atoms with Crippen molar-refractivity contribution in [2.24, 2.45) is 0 Å². The quantitative estimate of drug-likeness (QED) is 0.241. The Morgan fingerprint density at radius 3 is 1.91 bits per heavy atom. The number of imidazole rings is 1. The van der Waals surface area contributed by atoms with Gasteiger partial charge in [0.1, 0.15) is 5.65 Å². The Labute approximate surface area is 195 Å². The summed E-state index contributed by atoms with van der Waals surface area (Å²) in [7, 11) is 0. The Kier molecular flexibility index (Phi) is 3.39. The van der Waals surface area contributed by atoms with Crippen LogP contribution in [0.2, 0.25) is 0 Å². The smallest absolute Gasteiger partial charge is 0.148 e. The van der Waals surface area contributed by atoms with Crippen LogP contribution in [0.25, 0.3) is 65.8 Å². The molecule has 8 aromatic rings. The lowest BCUT2D eigenvalue weighted by Gasteiger charge is -2.13. The average molecular weight is 434 g/mol. The Bertz CT molecular complexity index is 2060. The van der Waals surface area contributed by atoms with Crippen molar-refractivity contribution in [2.45, 2.75) is 0 Å². The van der Waals surface area contributed by atoms with Crippen molar-refractivity contribution >= 4 is 60.2 Å². The lowest BCUT2D eigenvalue weighted by atomic mass is 10.0. The maximum atomic E-state index is 5.20. The highest BCUT2D eigenvalue weighted by Crippen LogP contribution is 2.41. The number of hydrogen-bond donors (Lipinski definition) is 0. The molecule has 5 aromatic carbocycles. The molecule has 8 rings (SSSR count). The molecule has 0 aliphatic carbocycles. The normalized spacial score (nSPS) is 12.1. The number of aromatic nitrogens is 3. The van der Waals surface area contributed by atoms with Gasteiger partial charge in [-0.25, -0.2) is 4.98 Å². The topological polar surface area (TPSA) is 22.2 Å². The minimum absolute atomic E-state index is 1.00. The third kappa shape index (κ3) is 2.18. The minimum atomic E-state index is 1.00. The molecular weight excluding hydrogens is 414 g/mol. The number of pyridine rings is 1. The van der Waals surface area contributed by atoms with E-state index in [1.54, 1.807) is 0 Å². The number of hydrogen-bond acceptors (Lipinski definition) is 1. The summed E-state index contributed by atoms with van der Waals surface area (Å²) in [5.74, 6) is 0. The molecule has 3 nitrogen and oxygen atoms in total. The third-order valence-corrected chi connectivity index (χ3v) is 7.07. The molecule has 0 aliphatic rings. The van der Waals surface area contributed by atoms with E-state index >= 15 is 0 Å². The molecule has 0 aliphatic heterocycles. The molecule has 0 unspecified atom stereocenters. The molecule has 3 heteroatoms. The maximum Gasteiger partial charge on any atom is 0.148 e. The average Bonchev–Trinajstić information content (AvgIpc) is 3.45. The first kappa shape index (κ1) is 17.9. The van der Waals surface area contributed by atoms with Gasteiger partial charge in [0, 0.05) is 21.8 Å². The molecular formula is C31H19N3. The number of rotatable bonds is 1. The van der Waals surface area contributed by atoms with Crippen LogP contribution in [0.4, 0.5) is 0 Å². The number of para-hydroxylation sites is 5. The van der Waals surface area contributed by atoms with Crippen LogP contribution in [-0.4, -0.2) is 14.0 Å². The summed E-state index contributed by atoms with van der Waals surface area (Å²) < 4.78 is 4.74. The molecule has 34 heavy (non-hydrogen) atoms. The molecule has 3 heterocycles. The first-order chi connectivity index (χ1) is 16.9. The van der Waals surface area contributed by atoms with E-state index in [0.717, 1.165) is 22.4 Å². The van der Waals surface area contributed by atoms with Gasteiger partial charge in [-0.3, -0.25) is 4.40 Å². The Hall–Kier alpha value is -4.63. The summed E-state index contributed by atoms with van der Waals surface area (Å²) in [6, 6.07) is 41.0. The van der Waals surface area contributed by atoms with Crippen molar-refractivity contribution in [1.82, 2.24) is 14.0 Å². The minimum Gasteiger partial charge on any atom is -0.308 e. The van der Waals surface area contributed by atoms with E-state index in [2.05, 4.69) is 124 Å². The Balaban J connectivity index is 1.76. The van der Waals surface area contributed by atoms with Crippen molar-refractivity contribution < 1.29 is 0 Å². The molecule has 0 N–H and O–H groups in total. The van der Waals surface area contributed by atoms with Crippen LogP contribution < -0.4 is 0 Å². The van der Waals surface area contributed by atoms with Crippen molar-refractivity contribution in [3.63, 3.8) is 0 Å². The Morgan fingerprint density at radius 1 is 0.471 bits per heavy atom. The number of fused-ring (bicyclic) bond motifs is 12. The van der Waals surface area contributed by atoms with Crippen LogP contribution in [0.1, 0.15) is 0 Å².